The third-order valence-corrected chi connectivity index (χ3v) is 6.07. The van der Waals surface area contributed by atoms with Crippen LogP contribution >= 0.6 is 23.1 Å². The van der Waals surface area contributed by atoms with Crippen LogP contribution in [0.4, 0.5) is 0 Å². The molecule has 1 unspecified atom stereocenters. The number of thioether (sulfide) groups is 1. The van der Waals surface area contributed by atoms with Crippen LogP contribution in [-0.2, 0) is 12.3 Å². The highest BCUT2D eigenvalue weighted by atomic mass is 32.2. The maximum absolute atomic E-state index is 4.91. The Morgan fingerprint density at radius 2 is 2.11 bits per heavy atom. The fraction of sp³-hybridized carbons (Fsp3) is 0.800. The van der Waals surface area contributed by atoms with Gasteiger partial charge in [0.05, 0.1) is 5.69 Å². The van der Waals surface area contributed by atoms with E-state index in [1.54, 1.807) is 0 Å². The van der Waals surface area contributed by atoms with Crippen LogP contribution in [-0.4, -0.2) is 16.3 Å². The van der Waals surface area contributed by atoms with Crippen molar-refractivity contribution in [3.63, 3.8) is 0 Å². The molecule has 1 aromatic heterocycles. The molecule has 2 rings (SSSR count). The summed E-state index contributed by atoms with van der Waals surface area (Å²) in [7, 11) is 0. The Bertz CT molecular complexity index is 397. The minimum Gasteiger partial charge on any atom is -0.310 e. The second-order valence-electron chi connectivity index (χ2n) is 5.76. The van der Waals surface area contributed by atoms with Gasteiger partial charge in [-0.05, 0) is 19.3 Å². The standard InChI is InChI=1S/C15H26N2S2/c1-5-11(4)18-9-14-17-15(12-6-7-12)13(19-14)8-16-10(2)3/h10-12,16H,5-9H2,1-4H3. The van der Waals surface area contributed by atoms with E-state index in [2.05, 4.69) is 33.0 Å². The Balaban J connectivity index is 1.98. The highest BCUT2D eigenvalue weighted by Gasteiger charge is 2.29. The van der Waals surface area contributed by atoms with Crippen LogP contribution < -0.4 is 5.32 Å². The van der Waals surface area contributed by atoms with Crippen molar-refractivity contribution in [2.45, 2.75) is 76.5 Å². The summed E-state index contributed by atoms with van der Waals surface area (Å²) < 4.78 is 0. The van der Waals surface area contributed by atoms with Gasteiger partial charge in [-0.15, -0.1) is 11.3 Å². The Hall–Kier alpha value is -0.0600. The quantitative estimate of drug-likeness (QED) is 0.762. The second kappa shape index (κ2) is 7.09. The first-order valence-corrected chi connectivity index (χ1v) is 9.30. The average Bonchev–Trinajstić information content (AvgIpc) is 3.15. The number of rotatable bonds is 8. The Labute approximate surface area is 125 Å². The molecule has 108 valence electrons. The van der Waals surface area contributed by atoms with Gasteiger partial charge in [0.1, 0.15) is 5.01 Å². The summed E-state index contributed by atoms with van der Waals surface area (Å²) >= 11 is 3.96. The number of aromatic nitrogens is 1. The molecular formula is C15H26N2S2. The van der Waals surface area contributed by atoms with Crippen molar-refractivity contribution in [1.82, 2.24) is 10.3 Å². The van der Waals surface area contributed by atoms with Gasteiger partial charge in [-0.25, -0.2) is 4.98 Å². The number of thiazole rings is 1. The van der Waals surface area contributed by atoms with E-state index in [0.717, 1.165) is 23.5 Å². The number of hydrogen-bond donors (Lipinski definition) is 1. The lowest BCUT2D eigenvalue weighted by Gasteiger charge is -2.07. The van der Waals surface area contributed by atoms with E-state index < -0.39 is 0 Å². The highest BCUT2D eigenvalue weighted by Crippen LogP contribution is 2.43. The molecule has 0 bridgehead atoms. The van der Waals surface area contributed by atoms with Gasteiger partial charge in [0.25, 0.3) is 0 Å². The molecule has 4 heteroatoms. The summed E-state index contributed by atoms with van der Waals surface area (Å²) in [6.07, 6.45) is 3.93. The third-order valence-electron chi connectivity index (χ3n) is 3.47. The summed E-state index contributed by atoms with van der Waals surface area (Å²) in [6, 6.07) is 0.548. The van der Waals surface area contributed by atoms with Gasteiger partial charge in [0.2, 0.25) is 0 Å². The van der Waals surface area contributed by atoms with Crippen molar-refractivity contribution < 1.29 is 0 Å². The van der Waals surface area contributed by atoms with E-state index in [1.165, 1.54) is 34.8 Å². The SMILES string of the molecule is CCC(C)SCc1nc(C2CC2)c(CNC(C)C)s1. The fourth-order valence-electron chi connectivity index (χ4n) is 1.91. The molecule has 0 amide bonds. The molecule has 1 aromatic rings. The predicted octanol–water partition coefficient (Wildman–Crippen LogP) is 4.55. The van der Waals surface area contributed by atoms with Crippen molar-refractivity contribution in [1.29, 1.82) is 0 Å². The van der Waals surface area contributed by atoms with Gasteiger partial charge in [0.15, 0.2) is 0 Å². The normalized spacial score (nSPS) is 17.1. The topological polar surface area (TPSA) is 24.9 Å². The van der Waals surface area contributed by atoms with Gasteiger partial charge in [-0.3, -0.25) is 0 Å². The van der Waals surface area contributed by atoms with Gasteiger partial charge >= 0.3 is 0 Å². The Morgan fingerprint density at radius 3 is 2.68 bits per heavy atom. The minimum absolute atomic E-state index is 0.548. The Kier molecular flexibility index (Phi) is 5.72. The van der Waals surface area contributed by atoms with E-state index in [-0.39, 0.29) is 0 Å². The van der Waals surface area contributed by atoms with Gasteiger partial charge in [0, 0.05) is 34.4 Å². The summed E-state index contributed by atoms with van der Waals surface area (Å²) in [5.74, 6) is 1.85. The molecule has 2 nitrogen and oxygen atoms in total. The smallest absolute Gasteiger partial charge is 0.103 e. The molecule has 1 heterocycles. The van der Waals surface area contributed by atoms with Crippen LogP contribution in [0.2, 0.25) is 0 Å². The maximum atomic E-state index is 4.91. The first-order chi connectivity index (χ1) is 9.10. The van der Waals surface area contributed by atoms with E-state index in [0.29, 0.717) is 6.04 Å². The van der Waals surface area contributed by atoms with Crippen LogP contribution in [0.15, 0.2) is 0 Å². The summed E-state index contributed by atoms with van der Waals surface area (Å²) in [5.41, 5.74) is 1.40. The summed E-state index contributed by atoms with van der Waals surface area (Å²) in [6.45, 7) is 9.97. The van der Waals surface area contributed by atoms with Crippen molar-refractivity contribution in [2.24, 2.45) is 0 Å². The molecule has 1 fully saturated rings. The summed E-state index contributed by atoms with van der Waals surface area (Å²) in [5, 5.41) is 5.61. The molecule has 0 saturated heterocycles. The van der Waals surface area contributed by atoms with Crippen LogP contribution in [0, 0.1) is 0 Å². The van der Waals surface area contributed by atoms with Gasteiger partial charge < -0.3 is 5.32 Å². The lowest BCUT2D eigenvalue weighted by Crippen LogP contribution is -2.21. The lowest BCUT2D eigenvalue weighted by molar-refractivity contribution is 0.590. The molecular weight excluding hydrogens is 272 g/mol. The molecule has 0 spiro atoms. The van der Waals surface area contributed by atoms with Crippen molar-refractivity contribution in [3.05, 3.63) is 15.6 Å². The number of hydrogen-bond acceptors (Lipinski definition) is 4. The minimum atomic E-state index is 0.548. The van der Waals surface area contributed by atoms with Crippen LogP contribution in [0.3, 0.4) is 0 Å². The highest BCUT2D eigenvalue weighted by molar-refractivity contribution is 7.99. The number of nitrogens with zero attached hydrogens (tertiary/aromatic N) is 1. The zero-order valence-electron chi connectivity index (χ0n) is 12.5. The molecule has 1 N–H and O–H groups in total. The van der Waals surface area contributed by atoms with Crippen LogP contribution in [0.25, 0.3) is 0 Å². The first-order valence-electron chi connectivity index (χ1n) is 7.43. The average molecular weight is 299 g/mol. The fourth-order valence-corrected chi connectivity index (χ4v) is 3.97. The van der Waals surface area contributed by atoms with Crippen molar-refractivity contribution in [2.75, 3.05) is 0 Å². The molecule has 1 atom stereocenters. The molecule has 1 aliphatic rings. The van der Waals surface area contributed by atoms with Crippen LogP contribution in [0.5, 0.6) is 0 Å². The van der Waals surface area contributed by atoms with E-state index >= 15 is 0 Å². The zero-order valence-corrected chi connectivity index (χ0v) is 14.2. The molecule has 1 aliphatic carbocycles. The van der Waals surface area contributed by atoms with Crippen molar-refractivity contribution >= 4 is 23.1 Å². The monoisotopic (exact) mass is 298 g/mol. The first kappa shape index (κ1) is 15.3. The largest absolute Gasteiger partial charge is 0.310 e. The van der Waals surface area contributed by atoms with Gasteiger partial charge in [-0.2, -0.15) is 11.8 Å². The second-order valence-corrected chi connectivity index (χ2v) is 8.35. The molecule has 0 aromatic carbocycles. The Morgan fingerprint density at radius 1 is 1.37 bits per heavy atom. The van der Waals surface area contributed by atoms with E-state index in [4.69, 9.17) is 4.98 Å². The zero-order chi connectivity index (χ0) is 13.8. The summed E-state index contributed by atoms with van der Waals surface area (Å²) in [4.78, 5) is 6.40. The van der Waals surface area contributed by atoms with E-state index in [1.807, 2.05) is 23.1 Å². The molecule has 19 heavy (non-hydrogen) atoms. The molecule has 0 radical (unpaired) electrons. The predicted molar refractivity (Wildman–Crippen MR) is 87.1 cm³/mol. The van der Waals surface area contributed by atoms with E-state index in [9.17, 15) is 0 Å². The molecule has 0 aliphatic heterocycles. The lowest BCUT2D eigenvalue weighted by atomic mass is 10.2. The van der Waals surface area contributed by atoms with Crippen molar-refractivity contribution in [3.8, 4) is 0 Å². The van der Waals surface area contributed by atoms with Gasteiger partial charge in [-0.1, -0.05) is 27.7 Å². The van der Waals surface area contributed by atoms with Crippen LogP contribution in [0.1, 0.15) is 68.5 Å². The number of nitrogens with one attached hydrogen (secondary N) is 1. The maximum Gasteiger partial charge on any atom is 0.103 e. The third kappa shape index (κ3) is 4.76. The molecule has 1 saturated carbocycles.